The molecule has 1 aliphatic heterocycles. The number of aryl methyl sites for hydroxylation is 3. The van der Waals surface area contributed by atoms with Crippen LogP contribution in [-0.2, 0) is 54.0 Å². The third-order valence-corrected chi connectivity index (χ3v) is 8.86. The van der Waals surface area contributed by atoms with E-state index in [-0.39, 0.29) is 12.5 Å². The lowest BCUT2D eigenvalue weighted by Crippen LogP contribution is -2.51. The van der Waals surface area contributed by atoms with Gasteiger partial charge in [-0.25, -0.2) is 9.35 Å². The van der Waals surface area contributed by atoms with Crippen molar-refractivity contribution in [1.29, 1.82) is 0 Å². The maximum atomic E-state index is 13.8. The molecule has 1 aromatic heterocycles. The molecule has 1 amide bonds. The van der Waals surface area contributed by atoms with Crippen molar-refractivity contribution in [2.75, 3.05) is 24.4 Å². The average molecular weight is 471 g/mol. The Morgan fingerprint density at radius 3 is 2.48 bits per heavy atom. The van der Waals surface area contributed by atoms with E-state index < -0.39 is 16.0 Å². The number of anilines is 1. The number of carbonyl (C=O) groups is 1. The highest BCUT2D eigenvalue weighted by molar-refractivity contribution is 7.93. The van der Waals surface area contributed by atoms with Crippen LogP contribution in [0.3, 0.4) is 0 Å². The van der Waals surface area contributed by atoms with E-state index in [9.17, 15) is 9.00 Å². The van der Waals surface area contributed by atoms with Gasteiger partial charge in [0.25, 0.3) is 5.91 Å². The lowest BCUT2D eigenvalue weighted by atomic mass is 9.92. The topological polar surface area (TPSA) is 96.8 Å². The summed E-state index contributed by atoms with van der Waals surface area (Å²) in [5.74, 6) is -0.394. The van der Waals surface area contributed by atoms with Crippen LogP contribution in [0.15, 0.2) is 22.8 Å². The number of benzene rings is 1. The zero-order valence-electron chi connectivity index (χ0n) is 19.6. The zero-order valence-corrected chi connectivity index (χ0v) is 20.4. The number of hydrogen-bond acceptors (Lipinski definition) is 4. The molecule has 2 heterocycles. The van der Waals surface area contributed by atoms with E-state index in [4.69, 9.17) is 5.14 Å². The first-order valence-corrected chi connectivity index (χ1v) is 13.5. The van der Waals surface area contributed by atoms with E-state index in [0.29, 0.717) is 12.2 Å². The number of nitrogens with two attached hydrogens (primary N) is 1. The average Bonchev–Trinajstić information content (AvgIpc) is 3.48. The van der Waals surface area contributed by atoms with Crippen molar-refractivity contribution in [2.45, 2.75) is 63.8 Å². The first-order valence-electron chi connectivity index (χ1n) is 12.0. The maximum Gasteiger partial charge on any atom is 0.260 e. The molecule has 1 saturated heterocycles. The summed E-state index contributed by atoms with van der Waals surface area (Å²) in [6, 6.07) is 2.26. The largest absolute Gasteiger partial charge is 0.304 e. The van der Waals surface area contributed by atoms with Crippen LogP contribution < -0.4 is 9.44 Å². The minimum atomic E-state index is -3.45. The number of likely N-dealkylation sites (tertiary alicyclic amines) is 1. The maximum absolute atomic E-state index is 13.8. The van der Waals surface area contributed by atoms with Gasteiger partial charge < -0.3 is 4.90 Å². The minimum Gasteiger partial charge on any atom is -0.304 e. The molecule has 0 bridgehead atoms. The van der Waals surface area contributed by atoms with Crippen molar-refractivity contribution in [1.82, 2.24) is 14.7 Å². The van der Waals surface area contributed by atoms with Gasteiger partial charge in [0.1, 0.15) is 0 Å². The first-order chi connectivity index (χ1) is 15.8. The van der Waals surface area contributed by atoms with Gasteiger partial charge in [0.05, 0.1) is 24.3 Å². The van der Waals surface area contributed by atoms with Crippen LogP contribution >= 0.6 is 0 Å². The number of hydrogen-bond donors (Lipinski definition) is 1. The molecule has 5 rings (SSSR count). The van der Waals surface area contributed by atoms with Crippen molar-refractivity contribution >= 4 is 21.7 Å². The molecule has 2 aliphatic carbocycles. The second-order valence-corrected chi connectivity index (χ2v) is 11.4. The summed E-state index contributed by atoms with van der Waals surface area (Å²) in [5.41, 5.74) is 7.18. The smallest absolute Gasteiger partial charge is 0.260 e. The predicted octanol–water partition coefficient (Wildman–Crippen LogP) is 2.32. The van der Waals surface area contributed by atoms with Crippen LogP contribution in [0.2, 0.25) is 0 Å². The fourth-order valence-corrected chi connectivity index (χ4v) is 7.39. The van der Waals surface area contributed by atoms with E-state index in [1.54, 1.807) is 21.4 Å². The Hall–Kier alpha value is -2.23. The number of nitrogens with zero attached hydrogens (tertiary/aromatic N) is 5. The van der Waals surface area contributed by atoms with Gasteiger partial charge in [0, 0.05) is 19.8 Å². The Morgan fingerprint density at radius 1 is 1.18 bits per heavy atom. The molecule has 1 aromatic carbocycles. The quantitative estimate of drug-likeness (QED) is 0.725. The fraction of sp³-hybridized carbons (Fsp3) is 0.583. The van der Waals surface area contributed by atoms with Gasteiger partial charge in [-0.1, -0.05) is 6.07 Å². The van der Waals surface area contributed by atoms with Gasteiger partial charge in [-0.05, 0) is 92.8 Å². The lowest BCUT2D eigenvalue weighted by molar-refractivity contribution is -0.117. The number of carbonyl (C=O) groups excluding carboxylic acids is 1. The van der Waals surface area contributed by atoms with Crippen molar-refractivity contribution in [3.05, 3.63) is 46.3 Å². The highest BCUT2D eigenvalue weighted by atomic mass is 32.2. The molecule has 9 heteroatoms. The second kappa shape index (κ2) is 8.85. The molecule has 2 aromatic rings. The number of aromatic nitrogens is 2. The van der Waals surface area contributed by atoms with E-state index >= 15 is 0 Å². The van der Waals surface area contributed by atoms with Crippen molar-refractivity contribution in [3.63, 3.8) is 0 Å². The van der Waals surface area contributed by atoms with Crippen LogP contribution in [-0.4, -0.2) is 51.0 Å². The molecule has 2 atom stereocenters. The van der Waals surface area contributed by atoms with Crippen LogP contribution in [0, 0.1) is 0 Å². The lowest BCUT2D eigenvalue weighted by Gasteiger charge is -2.38. The Kier molecular flexibility index (Phi) is 6.05. The monoisotopic (exact) mass is 470 g/mol. The molecule has 33 heavy (non-hydrogen) atoms. The molecular weight excluding hydrogens is 436 g/mol. The molecule has 1 fully saturated rings. The molecule has 2 N–H and O–H groups in total. The minimum absolute atomic E-state index is 0.0905. The van der Waals surface area contributed by atoms with E-state index in [2.05, 4.69) is 20.4 Å². The third-order valence-electron chi connectivity index (χ3n) is 7.32. The molecule has 0 radical (unpaired) electrons. The molecule has 3 aliphatic rings. The number of rotatable bonds is 5. The van der Waals surface area contributed by atoms with E-state index in [1.165, 1.54) is 22.3 Å². The summed E-state index contributed by atoms with van der Waals surface area (Å²) < 4.78 is 21.3. The summed E-state index contributed by atoms with van der Waals surface area (Å²) >= 11 is 0. The Labute approximate surface area is 196 Å². The molecular formula is C24H34N6O2S. The number of piperidine rings is 1. The summed E-state index contributed by atoms with van der Waals surface area (Å²) in [5, 5.41) is 10.6. The van der Waals surface area contributed by atoms with Crippen molar-refractivity contribution in [3.8, 4) is 0 Å². The second-order valence-electron chi connectivity index (χ2n) is 9.79. The van der Waals surface area contributed by atoms with Crippen LogP contribution in [0.25, 0.3) is 0 Å². The number of likely N-dealkylation sites (N-methyl/N-ethyl adjacent to an activating group) is 1. The highest BCUT2D eigenvalue weighted by Gasteiger charge is 2.32. The van der Waals surface area contributed by atoms with Crippen LogP contribution in [0.4, 0.5) is 5.69 Å². The summed E-state index contributed by atoms with van der Waals surface area (Å²) in [6.45, 7) is 1.70. The highest BCUT2D eigenvalue weighted by Crippen LogP contribution is 2.35. The molecule has 0 saturated carbocycles. The normalized spacial score (nSPS) is 22.0. The molecule has 178 valence electrons. The Bertz CT molecular complexity index is 1160. The van der Waals surface area contributed by atoms with Gasteiger partial charge in [-0.3, -0.25) is 13.8 Å². The number of amides is 1. The molecule has 2 unspecified atom stereocenters. The van der Waals surface area contributed by atoms with Gasteiger partial charge in [0.15, 0.2) is 0 Å². The first kappa shape index (κ1) is 22.6. The summed E-state index contributed by atoms with van der Waals surface area (Å²) in [7, 11) is 0.404. The fourth-order valence-electron chi connectivity index (χ4n) is 5.95. The van der Waals surface area contributed by atoms with Gasteiger partial charge in [-0.2, -0.15) is 5.10 Å². The van der Waals surface area contributed by atoms with Crippen molar-refractivity contribution in [2.24, 2.45) is 16.5 Å². The summed E-state index contributed by atoms with van der Waals surface area (Å²) in [6.07, 6.45) is 11.9. The number of fused-ring (bicyclic) bond motifs is 2. The predicted molar refractivity (Wildman–Crippen MR) is 130 cm³/mol. The van der Waals surface area contributed by atoms with E-state index in [0.717, 1.165) is 63.5 Å². The third kappa shape index (κ3) is 4.46. The molecule has 8 nitrogen and oxygen atoms in total. The SMILES string of the molecule is CN1CCCC(N(c2cnn(C)c2)S(N)(=O)=NC(=O)Cc2c3c(cc4c2CCC4)CCC3)C1. The van der Waals surface area contributed by atoms with Gasteiger partial charge >= 0.3 is 0 Å². The molecule has 0 spiro atoms. The van der Waals surface area contributed by atoms with E-state index in [1.807, 2.05) is 14.1 Å². The zero-order chi connectivity index (χ0) is 23.2. The van der Waals surface area contributed by atoms with Crippen LogP contribution in [0.5, 0.6) is 0 Å². The van der Waals surface area contributed by atoms with Gasteiger partial charge in [-0.15, -0.1) is 4.36 Å². The summed E-state index contributed by atoms with van der Waals surface area (Å²) in [4.78, 5) is 15.4. The Balaban J connectivity index is 1.48. The van der Waals surface area contributed by atoms with Crippen LogP contribution in [0.1, 0.15) is 53.5 Å². The van der Waals surface area contributed by atoms with Crippen molar-refractivity contribution < 1.29 is 9.00 Å². The van der Waals surface area contributed by atoms with Gasteiger partial charge in [0.2, 0.25) is 10.1 Å². The standard InChI is InChI=1S/C24H34N6O2S/c1-28-11-5-8-19(15-28)30(20-14-26-29(2)16-20)33(25,32)27-24(31)13-23-21-9-3-6-17(21)12-18-7-4-10-22(18)23/h12,14,16,19H,3-11,13,15H2,1-2H3,(H2,25,27,31,32). The Morgan fingerprint density at radius 2 is 1.88 bits per heavy atom.